The van der Waals surface area contributed by atoms with Gasteiger partial charge < -0.3 is 4.74 Å². The monoisotopic (exact) mass is 232 g/mol. The van der Waals surface area contributed by atoms with E-state index >= 15 is 0 Å². The largest absolute Gasteiger partial charge is 0.381 e. The maximum atomic E-state index is 12.4. The Balaban J connectivity index is 2.10. The van der Waals surface area contributed by atoms with Gasteiger partial charge >= 0.3 is 0 Å². The molecule has 4 nitrogen and oxygen atoms in total. The Hall–Kier alpha value is -1.42. The van der Waals surface area contributed by atoms with Crippen molar-refractivity contribution in [2.75, 3.05) is 24.7 Å². The highest BCUT2D eigenvalue weighted by atomic mass is 16.5. The molecule has 0 N–H and O–H groups in total. The molecule has 4 heteroatoms. The summed E-state index contributed by atoms with van der Waals surface area (Å²) in [6.07, 6.45) is 2.68. The molecule has 2 atom stereocenters. The van der Waals surface area contributed by atoms with E-state index in [9.17, 15) is 4.79 Å². The zero-order valence-electron chi connectivity index (χ0n) is 9.93. The third kappa shape index (κ3) is 1.55. The SMILES string of the molecule is CCN1C(=O)C2COCCC2c2cccnc21. The van der Waals surface area contributed by atoms with E-state index in [1.807, 2.05) is 13.0 Å². The molecule has 1 saturated heterocycles. The second-order valence-electron chi connectivity index (χ2n) is 4.58. The summed E-state index contributed by atoms with van der Waals surface area (Å²) in [4.78, 5) is 18.5. The molecule has 90 valence electrons. The van der Waals surface area contributed by atoms with Gasteiger partial charge in [0.1, 0.15) is 5.82 Å². The first kappa shape index (κ1) is 10.7. The molecule has 2 aliphatic heterocycles. The van der Waals surface area contributed by atoms with Crippen LogP contribution >= 0.6 is 0 Å². The van der Waals surface area contributed by atoms with Crippen molar-refractivity contribution in [1.29, 1.82) is 0 Å². The van der Waals surface area contributed by atoms with Gasteiger partial charge in [-0.15, -0.1) is 0 Å². The molecule has 1 amide bonds. The van der Waals surface area contributed by atoms with Gasteiger partial charge in [0.15, 0.2) is 0 Å². The van der Waals surface area contributed by atoms with Crippen molar-refractivity contribution in [3.05, 3.63) is 23.9 Å². The topological polar surface area (TPSA) is 42.4 Å². The number of fused-ring (bicyclic) bond motifs is 3. The van der Waals surface area contributed by atoms with Gasteiger partial charge in [-0.2, -0.15) is 0 Å². The van der Waals surface area contributed by atoms with Gasteiger partial charge in [0, 0.05) is 25.3 Å². The van der Waals surface area contributed by atoms with Gasteiger partial charge in [-0.1, -0.05) is 6.07 Å². The van der Waals surface area contributed by atoms with Crippen LogP contribution in [0.3, 0.4) is 0 Å². The first-order valence-corrected chi connectivity index (χ1v) is 6.17. The van der Waals surface area contributed by atoms with E-state index in [0.717, 1.165) is 18.8 Å². The van der Waals surface area contributed by atoms with Crippen molar-refractivity contribution in [3.8, 4) is 0 Å². The molecule has 0 spiro atoms. The van der Waals surface area contributed by atoms with Crippen LogP contribution in [0.1, 0.15) is 24.8 Å². The molecule has 3 heterocycles. The van der Waals surface area contributed by atoms with E-state index < -0.39 is 0 Å². The quantitative estimate of drug-likeness (QED) is 0.738. The molecule has 1 fully saturated rings. The maximum absolute atomic E-state index is 12.4. The van der Waals surface area contributed by atoms with Crippen molar-refractivity contribution in [2.24, 2.45) is 5.92 Å². The zero-order valence-corrected chi connectivity index (χ0v) is 9.93. The smallest absolute Gasteiger partial charge is 0.234 e. The normalized spacial score (nSPS) is 27.6. The van der Waals surface area contributed by atoms with Gasteiger partial charge in [0.2, 0.25) is 5.91 Å². The molecule has 1 aromatic heterocycles. The molecular formula is C13H16N2O2. The standard InChI is InChI=1S/C13H16N2O2/c1-2-15-12-10(4-3-6-14-12)9-5-7-17-8-11(9)13(15)16/h3-4,6,9,11H,2,5,7-8H2,1H3. The van der Waals surface area contributed by atoms with E-state index in [4.69, 9.17) is 4.74 Å². The van der Waals surface area contributed by atoms with Crippen LogP contribution < -0.4 is 4.90 Å². The van der Waals surface area contributed by atoms with E-state index in [0.29, 0.717) is 19.1 Å². The first-order chi connectivity index (χ1) is 8.33. The van der Waals surface area contributed by atoms with Crippen molar-refractivity contribution >= 4 is 11.7 Å². The third-order valence-electron chi connectivity index (χ3n) is 3.73. The number of carbonyl (C=O) groups is 1. The zero-order chi connectivity index (χ0) is 11.8. The van der Waals surface area contributed by atoms with Crippen LogP contribution in [0.25, 0.3) is 0 Å². The molecule has 0 radical (unpaired) electrons. The number of carbonyl (C=O) groups excluding carboxylic acids is 1. The average Bonchev–Trinajstić information content (AvgIpc) is 2.40. The van der Waals surface area contributed by atoms with E-state index in [-0.39, 0.29) is 11.8 Å². The summed E-state index contributed by atoms with van der Waals surface area (Å²) >= 11 is 0. The summed E-state index contributed by atoms with van der Waals surface area (Å²) in [7, 11) is 0. The van der Waals surface area contributed by atoms with E-state index in [1.165, 1.54) is 5.56 Å². The lowest BCUT2D eigenvalue weighted by Crippen LogP contribution is -2.47. The van der Waals surface area contributed by atoms with E-state index in [1.54, 1.807) is 11.1 Å². The minimum Gasteiger partial charge on any atom is -0.381 e. The van der Waals surface area contributed by atoms with Crippen molar-refractivity contribution in [1.82, 2.24) is 4.98 Å². The fourth-order valence-corrected chi connectivity index (χ4v) is 2.89. The molecule has 0 aromatic carbocycles. The Morgan fingerprint density at radius 2 is 2.41 bits per heavy atom. The number of rotatable bonds is 1. The summed E-state index contributed by atoms with van der Waals surface area (Å²) in [6, 6.07) is 4.05. The molecule has 2 unspecified atom stereocenters. The lowest BCUT2D eigenvalue weighted by molar-refractivity contribution is -0.128. The van der Waals surface area contributed by atoms with Crippen LogP contribution in [-0.2, 0) is 9.53 Å². The molecular weight excluding hydrogens is 216 g/mol. The van der Waals surface area contributed by atoms with Crippen LogP contribution in [0.5, 0.6) is 0 Å². The number of pyridine rings is 1. The van der Waals surface area contributed by atoms with Crippen molar-refractivity contribution < 1.29 is 9.53 Å². The van der Waals surface area contributed by atoms with Gasteiger partial charge in [-0.25, -0.2) is 4.98 Å². The predicted octanol–water partition coefficient (Wildman–Crippen LogP) is 1.57. The second-order valence-corrected chi connectivity index (χ2v) is 4.58. The van der Waals surface area contributed by atoms with Crippen LogP contribution in [-0.4, -0.2) is 30.6 Å². The van der Waals surface area contributed by atoms with E-state index in [2.05, 4.69) is 11.1 Å². The number of aromatic nitrogens is 1. The summed E-state index contributed by atoms with van der Waals surface area (Å²) in [5.41, 5.74) is 1.21. The number of ether oxygens (including phenoxy) is 1. The second kappa shape index (κ2) is 4.11. The van der Waals surface area contributed by atoms with Crippen LogP contribution in [0.15, 0.2) is 18.3 Å². The highest BCUT2D eigenvalue weighted by molar-refractivity contribution is 5.98. The average molecular weight is 232 g/mol. The minimum atomic E-state index is -0.0135. The Kier molecular flexibility index (Phi) is 2.59. The molecule has 2 aliphatic rings. The van der Waals surface area contributed by atoms with Gasteiger partial charge in [0.05, 0.1) is 12.5 Å². The highest BCUT2D eigenvalue weighted by Gasteiger charge is 2.41. The van der Waals surface area contributed by atoms with Gasteiger partial charge in [0.25, 0.3) is 0 Å². The third-order valence-corrected chi connectivity index (χ3v) is 3.73. The fraction of sp³-hybridized carbons (Fsp3) is 0.538. The van der Waals surface area contributed by atoms with Crippen molar-refractivity contribution in [2.45, 2.75) is 19.3 Å². The Morgan fingerprint density at radius 3 is 3.24 bits per heavy atom. The Bertz CT molecular complexity index is 447. The molecule has 0 bridgehead atoms. The molecule has 17 heavy (non-hydrogen) atoms. The number of hydrogen-bond donors (Lipinski definition) is 0. The fourth-order valence-electron chi connectivity index (χ4n) is 2.89. The Morgan fingerprint density at radius 1 is 1.53 bits per heavy atom. The molecule has 0 saturated carbocycles. The molecule has 0 aliphatic carbocycles. The van der Waals surface area contributed by atoms with Crippen LogP contribution in [0.2, 0.25) is 0 Å². The number of amides is 1. The lowest BCUT2D eigenvalue weighted by Gasteiger charge is -2.40. The van der Waals surface area contributed by atoms with Gasteiger partial charge in [-0.3, -0.25) is 9.69 Å². The first-order valence-electron chi connectivity index (χ1n) is 6.17. The minimum absolute atomic E-state index is 0.0135. The van der Waals surface area contributed by atoms with Crippen LogP contribution in [0.4, 0.5) is 5.82 Å². The predicted molar refractivity (Wildman–Crippen MR) is 63.9 cm³/mol. The number of anilines is 1. The summed E-state index contributed by atoms with van der Waals surface area (Å²) in [6.45, 7) is 3.95. The number of hydrogen-bond acceptors (Lipinski definition) is 3. The number of nitrogens with zero attached hydrogens (tertiary/aromatic N) is 2. The maximum Gasteiger partial charge on any atom is 0.234 e. The van der Waals surface area contributed by atoms with Crippen LogP contribution in [0, 0.1) is 5.92 Å². The molecule has 3 rings (SSSR count). The Labute approximate surface area is 101 Å². The summed E-state index contributed by atoms with van der Waals surface area (Å²) < 4.78 is 5.45. The summed E-state index contributed by atoms with van der Waals surface area (Å²) in [5.74, 6) is 1.30. The lowest BCUT2D eigenvalue weighted by atomic mass is 9.79. The van der Waals surface area contributed by atoms with Crippen molar-refractivity contribution in [3.63, 3.8) is 0 Å². The molecule has 1 aromatic rings. The highest BCUT2D eigenvalue weighted by Crippen LogP contribution is 2.41. The van der Waals surface area contributed by atoms with Gasteiger partial charge in [-0.05, 0) is 25.0 Å². The summed E-state index contributed by atoms with van der Waals surface area (Å²) in [5, 5.41) is 0.